The number of rotatable bonds is 4. The Morgan fingerprint density at radius 3 is 2.88 bits per heavy atom. The molecule has 0 fully saturated rings. The van der Waals surface area contributed by atoms with Crippen molar-refractivity contribution in [3.8, 4) is 0 Å². The minimum absolute atomic E-state index is 0.721. The van der Waals surface area contributed by atoms with Gasteiger partial charge in [0.15, 0.2) is 0 Å². The van der Waals surface area contributed by atoms with Gasteiger partial charge in [-0.15, -0.1) is 0 Å². The number of pyridine rings is 1. The molecule has 5 nitrogen and oxygen atoms in total. The average Bonchev–Trinajstić information content (AvgIpc) is 2.57. The van der Waals surface area contributed by atoms with E-state index >= 15 is 0 Å². The molecule has 0 radical (unpaired) electrons. The summed E-state index contributed by atoms with van der Waals surface area (Å²) in [5, 5.41) is 7.55. The summed E-state index contributed by atoms with van der Waals surface area (Å²) < 4.78 is 1.77. The van der Waals surface area contributed by atoms with Crippen molar-refractivity contribution in [2.75, 3.05) is 17.6 Å². The SMILES string of the molecule is Cc1nn(C)c(NCCc2cccnc2)c1N. The van der Waals surface area contributed by atoms with Gasteiger partial charge in [0, 0.05) is 26.0 Å². The topological polar surface area (TPSA) is 68.8 Å². The number of anilines is 2. The molecule has 0 bridgehead atoms. The Labute approximate surface area is 101 Å². The second-order valence-electron chi connectivity index (χ2n) is 4.01. The number of hydrogen-bond acceptors (Lipinski definition) is 4. The highest BCUT2D eigenvalue weighted by atomic mass is 15.3. The van der Waals surface area contributed by atoms with Gasteiger partial charge in [-0.2, -0.15) is 5.10 Å². The second-order valence-corrected chi connectivity index (χ2v) is 4.01. The van der Waals surface area contributed by atoms with Crippen molar-refractivity contribution >= 4 is 11.5 Å². The highest BCUT2D eigenvalue weighted by molar-refractivity contribution is 5.64. The van der Waals surface area contributed by atoms with Gasteiger partial charge in [-0.3, -0.25) is 9.67 Å². The molecular formula is C12H17N5. The molecule has 5 heteroatoms. The molecule has 2 heterocycles. The molecule has 0 aliphatic rings. The molecule has 0 aliphatic heterocycles. The van der Waals surface area contributed by atoms with Gasteiger partial charge in [0.25, 0.3) is 0 Å². The van der Waals surface area contributed by atoms with Gasteiger partial charge in [0.2, 0.25) is 0 Å². The molecule has 17 heavy (non-hydrogen) atoms. The maximum Gasteiger partial charge on any atom is 0.147 e. The molecule has 0 aromatic carbocycles. The molecule has 0 aliphatic carbocycles. The molecule has 0 saturated carbocycles. The van der Waals surface area contributed by atoms with Crippen molar-refractivity contribution in [3.63, 3.8) is 0 Å². The van der Waals surface area contributed by atoms with E-state index in [-0.39, 0.29) is 0 Å². The van der Waals surface area contributed by atoms with Crippen molar-refractivity contribution in [2.24, 2.45) is 7.05 Å². The van der Waals surface area contributed by atoms with Crippen LogP contribution in [0.25, 0.3) is 0 Å². The van der Waals surface area contributed by atoms with Crippen LogP contribution in [0.1, 0.15) is 11.3 Å². The fraction of sp³-hybridized carbons (Fsp3) is 0.333. The van der Waals surface area contributed by atoms with Crippen LogP contribution in [-0.4, -0.2) is 21.3 Å². The molecule has 0 atom stereocenters. The van der Waals surface area contributed by atoms with Crippen LogP contribution < -0.4 is 11.1 Å². The van der Waals surface area contributed by atoms with E-state index in [0.717, 1.165) is 30.2 Å². The van der Waals surface area contributed by atoms with Crippen LogP contribution in [0.4, 0.5) is 11.5 Å². The third-order valence-corrected chi connectivity index (χ3v) is 2.70. The summed E-state index contributed by atoms with van der Waals surface area (Å²) in [6.45, 7) is 2.72. The summed E-state index contributed by atoms with van der Waals surface area (Å²) in [5.41, 5.74) is 8.71. The van der Waals surface area contributed by atoms with Crippen molar-refractivity contribution in [1.29, 1.82) is 0 Å². The first kappa shape index (κ1) is 11.4. The molecule has 0 spiro atoms. The minimum Gasteiger partial charge on any atom is -0.394 e. The van der Waals surface area contributed by atoms with E-state index in [4.69, 9.17) is 5.73 Å². The Morgan fingerprint density at radius 1 is 1.47 bits per heavy atom. The molecule has 0 amide bonds. The molecule has 2 rings (SSSR count). The lowest BCUT2D eigenvalue weighted by atomic mass is 10.2. The van der Waals surface area contributed by atoms with Crippen LogP contribution >= 0.6 is 0 Å². The molecule has 90 valence electrons. The lowest BCUT2D eigenvalue weighted by molar-refractivity contribution is 0.757. The number of nitrogens with zero attached hydrogens (tertiary/aromatic N) is 3. The van der Waals surface area contributed by atoms with E-state index in [0.29, 0.717) is 0 Å². The number of nitrogens with one attached hydrogen (secondary N) is 1. The first-order valence-electron chi connectivity index (χ1n) is 5.60. The Kier molecular flexibility index (Phi) is 3.27. The standard InChI is InChI=1S/C12H17N5/c1-9-11(13)12(17(2)16-9)15-7-5-10-4-3-6-14-8-10/h3-4,6,8,15H,5,7,13H2,1-2H3. The van der Waals surface area contributed by atoms with Crippen LogP contribution in [0.3, 0.4) is 0 Å². The normalized spacial score (nSPS) is 10.5. The largest absolute Gasteiger partial charge is 0.394 e. The number of hydrogen-bond donors (Lipinski definition) is 2. The summed E-state index contributed by atoms with van der Waals surface area (Å²) in [4.78, 5) is 4.08. The second kappa shape index (κ2) is 4.86. The first-order chi connectivity index (χ1) is 8.18. The zero-order chi connectivity index (χ0) is 12.3. The van der Waals surface area contributed by atoms with Gasteiger partial charge >= 0.3 is 0 Å². The zero-order valence-corrected chi connectivity index (χ0v) is 10.1. The Morgan fingerprint density at radius 2 is 2.29 bits per heavy atom. The average molecular weight is 231 g/mol. The molecule has 0 unspecified atom stereocenters. The van der Waals surface area contributed by atoms with Crippen LogP contribution in [0.2, 0.25) is 0 Å². The van der Waals surface area contributed by atoms with Crippen LogP contribution in [0.15, 0.2) is 24.5 Å². The van der Waals surface area contributed by atoms with Crippen LogP contribution in [-0.2, 0) is 13.5 Å². The summed E-state index contributed by atoms with van der Waals surface area (Å²) in [5.74, 6) is 0.881. The summed E-state index contributed by atoms with van der Waals surface area (Å²) in [6, 6.07) is 4.00. The molecule has 2 aromatic heterocycles. The smallest absolute Gasteiger partial charge is 0.147 e. The maximum absolute atomic E-state index is 5.92. The summed E-state index contributed by atoms with van der Waals surface area (Å²) >= 11 is 0. The van der Waals surface area contributed by atoms with Crippen molar-refractivity contribution in [3.05, 3.63) is 35.8 Å². The van der Waals surface area contributed by atoms with Gasteiger partial charge in [-0.25, -0.2) is 0 Å². The van der Waals surface area contributed by atoms with E-state index in [2.05, 4.69) is 21.5 Å². The van der Waals surface area contributed by atoms with Crippen LogP contribution in [0, 0.1) is 6.92 Å². The van der Waals surface area contributed by atoms with Gasteiger partial charge in [0.05, 0.1) is 11.4 Å². The van der Waals surface area contributed by atoms with Gasteiger partial charge in [-0.1, -0.05) is 6.07 Å². The minimum atomic E-state index is 0.721. The summed E-state index contributed by atoms with van der Waals surface area (Å²) in [7, 11) is 1.88. The predicted octanol–water partition coefficient (Wildman–Crippen LogP) is 1.36. The lowest BCUT2D eigenvalue weighted by Gasteiger charge is -2.07. The number of nitrogens with two attached hydrogens (primary N) is 1. The summed E-state index contributed by atoms with van der Waals surface area (Å²) in [6.07, 6.45) is 4.57. The first-order valence-corrected chi connectivity index (χ1v) is 5.60. The van der Waals surface area contributed by atoms with Gasteiger partial charge < -0.3 is 11.1 Å². The fourth-order valence-corrected chi connectivity index (χ4v) is 1.76. The molecule has 2 aromatic rings. The van der Waals surface area contributed by atoms with Gasteiger partial charge in [-0.05, 0) is 25.0 Å². The molecular weight excluding hydrogens is 214 g/mol. The van der Waals surface area contributed by atoms with Crippen molar-refractivity contribution in [1.82, 2.24) is 14.8 Å². The fourth-order valence-electron chi connectivity index (χ4n) is 1.76. The van der Waals surface area contributed by atoms with Crippen molar-refractivity contribution < 1.29 is 0 Å². The highest BCUT2D eigenvalue weighted by Gasteiger charge is 2.08. The number of nitrogen functional groups attached to an aromatic ring is 1. The van der Waals surface area contributed by atoms with E-state index in [1.807, 2.05) is 26.2 Å². The predicted molar refractivity (Wildman–Crippen MR) is 68.8 cm³/mol. The Bertz CT molecular complexity index is 489. The van der Waals surface area contributed by atoms with Crippen molar-refractivity contribution in [2.45, 2.75) is 13.3 Å². The van der Waals surface area contributed by atoms with Gasteiger partial charge in [0.1, 0.15) is 5.82 Å². The Balaban J connectivity index is 1.95. The van der Waals surface area contributed by atoms with E-state index in [1.165, 1.54) is 5.56 Å². The quantitative estimate of drug-likeness (QED) is 0.833. The third kappa shape index (κ3) is 2.55. The number of aryl methyl sites for hydroxylation is 2. The molecule has 0 saturated heterocycles. The highest BCUT2D eigenvalue weighted by Crippen LogP contribution is 2.20. The van der Waals surface area contributed by atoms with E-state index in [9.17, 15) is 0 Å². The van der Waals surface area contributed by atoms with E-state index < -0.39 is 0 Å². The molecule has 3 N–H and O–H groups in total. The maximum atomic E-state index is 5.92. The Hall–Kier alpha value is -2.04. The van der Waals surface area contributed by atoms with E-state index in [1.54, 1.807) is 10.9 Å². The van der Waals surface area contributed by atoms with Crippen LogP contribution in [0.5, 0.6) is 0 Å². The zero-order valence-electron chi connectivity index (χ0n) is 10.1. The number of aromatic nitrogens is 3. The third-order valence-electron chi connectivity index (χ3n) is 2.70. The lowest BCUT2D eigenvalue weighted by Crippen LogP contribution is -2.10. The monoisotopic (exact) mass is 231 g/mol.